The van der Waals surface area contributed by atoms with Crippen molar-refractivity contribution in [2.24, 2.45) is 5.92 Å². The fraction of sp³-hybridized carbons (Fsp3) is 1.00. The molecule has 2 fully saturated rings. The fourth-order valence-electron chi connectivity index (χ4n) is 2.37. The van der Waals surface area contributed by atoms with Crippen molar-refractivity contribution in [1.82, 2.24) is 14.3 Å². The molecule has 2 aliphatic heterocycles. The van der Waals surface area contributed by atoms with Crippen LogP contribution in [0.5, 0.6) is 0 Å². The van der Waals surface area contributed by atoms with Crippen molar-refractivity contribution < 1.29 is 8.42 Å². The van der Waals surface area contributed by atoms with Crippen molar-refractivity contribution >= 4 is 10.2 Å². The van der Waals surface area contributed by atoms with E-state index in [4.69, 9.17) is 0 Å². The van der Waals surface area contributed by atoms with Gasteiger partial charge >= 0.3 is 0 Å². The molecule has 0 aliphatic carbocycles. The first kappa shape index (κ1) is 12.3. The number of hydrogen-bond acceptors (Lipinski definition) is 3. The number of nitrogens with one attached hydrogen (secondary N) is 2. The van der Waals surface area contributed by atoms with E-state index >= 15 is 0 Å². The summed E-state index contributed by atoms with van der Waals surface area (Å²) in [6.45, 7) is 4.04. The maximum Gasteiger partial charge on any atom is 0.279 e. The van der Waals surface area contributed by atoms with Gasteiger partial charge in [0.05, 0.1) is 0 Å². The van der Waals surface area contributed by atoms with E-state index in [2.05, 4.69) is 10.0 Å². The summed E-state index contributed by atoms with van der Waals surface area (Å²) in [4.78, 5) is 0. The first-order valence-corrected chi connectivity index (χ1v) is 7.58. The van der Waals surface area contributed by atoms with Gasteiger partial charge in [0.1, 0.15) is 0 Å². The highest BCUT2D eigenvalue weighted by atomic mass is 32.2. The zero-order valence-electron chi connectivity index (χ0n) is 9.61. The number of hydrogen-bond donors (Lipinski definition) is 2. The molecule has 0 amide bonds. The highest BCUT2D eigenvalue weighted by Crippen LogP contribution is 2.13. The van der Waals surface area contributed by atoms with Crippen molar-refractivity contribution in [3.63, 3.8) is 0 Å². The summed E-state index contributed by atoms with van der Waals surface area (Å²) in [7, 11) is -3.19. The van der Waals surface area contributed by atoms with E-state index in [1.165, 1.54) is 6.42 Å². The Morgan fingerprint density at radius 2 is 2.06 bits per heavy atom. The lowest BCUT2D eigenvalue weighted by Gasteiger charge is -2.16. The van der Waals surface area contributed by atoms with Crippen LogP contribution in [0.4, 0.5) is 0 Å². The average molecular weight is 247 g/mol. The molecule has 0 bridgehead atoms. The Morgan fingerprint density at radius 3 is 2.69 bits per heavy atom. The van der Waals surface area contributed by atoms with Crippen molar-refractivity contribution in [3.05, 3.63) is 0 Å². The van der Waals surface area contributed by atoms with Crippen molar-refractivity contribution in [2.45, 2.75) is 25.7 Å². The van der Waals surface area contributed by atoms with E-state index in [-0.39, 0.29) is 0 Å². The van der Waals surface area contributed by atoms with Gasteiger partial charge in [-0.2, -0.15) is 12.7 Å². The third-order valence-corrected chi connectivity index (χ3v) is 5.02. The summed E-state index contributed by atoms with van der Waals surface area (Å²) in [6.07, 6.45) is 4.10. The lowest BCUT2D eigenvalue weighted by Crippen LogP contribution is -2.39. The molecule has 2 N–H and O–H groups in total. The standard InChI is InChI=1S/C10H21N3O2S/c14-16(15,13-7-1-2-8-13)12-6-4-10-3-5-11-9-10/h10-12H,1-9H2. The second kappa shape index (κ2) is 5.44. The minimum absolute atomic E-state index is 0.575. The Bertz CT molecular complexity index is 306. The van der Waals surface area contributed by atoms with Crippen LogP contribution in [-0.2, 0) is 10.2 Å². The molecule has 6 heteroatoms. The minimum Gasteiger partial charge on any atom is -0.316 e. The van der Waals surface area contributed by atoms with Gasteiger partial charge in [-0.3, -0.25) is 0 Å². The second-order valence-corrected chi connectivity index (χ2v) is 6.41. The molecule has 0 aromatic carbocycles. The van der Waals surface area contributed by atoms with Gasteiger partial charge in [-0.15, -0.1) is 0 Å². The van der Waals surface area contributed by atoms with Crippen LogP contribution >= 0.6 is 0 Å². The van der Waals surface area contributed by atoms with Crippen molar-refractivity contribution in [2.75, 3.05) is 32.7 Å². The smallest absolute Gasteiger partial charge is 0.279 e. The van der Waals surface area contributed by atoms with Gasteiger partial charge in [0, 0.05) is 19.6 Å². The van der Waals surface area contributed by atoms with E-state index in [0.29, 0.717) is 25.6 Å². The molecule has 2 heterocycles. The van der Waals surface area contributed by atoms with Crippen LogP contribution in [0.15, 0.2) is 0 Å². The highest BCUT2D eigenvalue weighted by Gasteiger charge is 2.25. The molecule has 0 spiro atoms. The third-order valence-electron chi connectivity index (χ3n) is 3.40. The predicted molar refractivity (Wildman–Crippen MR) is 63.3 cm³/mol. The van der Waals surface area contributed by atoms with Crippen LogP contribution in [0, 0.1) is 5.92 Å². The number of nitrogens with zero attached hydrogens (tertiary/aromatic N) is 1. The summed E-state index contributed by atoms with van der Waals surface area (Å²) in [5, 5.41) is 3.29. The first-order chi connectivity index (χ1) is 7.68. The van der Waals surface area contributed by atoms with Crippen LogP contribution < -0.4 is 10.0 Å². The predicted octanol–water partition coefficient (Wildman–Crippen LogP) is -0.0838. The molecule has 0 aromatic heterocycles. The van der Waals surface area contributed by atoms with E-state index < -0.39 is 10.2 Å². The van der Waals surface area contributed by atoms with Gasteiger partial charge in [-0.25, -0.2) is 4.72 Å². The van der Waals surface area contributed by atoms with Crippen LogP contribution in [0.3, 0.4) is 0 Å². The molecule has 2 aliphatic rings. The molecule has 0 radical (unpaired) electrons. The largest absolute Gasteiger partial charge is 0.316 e. The minimum atomic E-state index is -3.19. The van der Waals surface area contributed by atoms with E-state index in [0.717, 1.165) is 32.4 Å². The summed E-state index contributed by atoms with van der Waals surface area (Å²) < 4.78 is 27.9. The Morgan fingerprint density at radius 1 is 1.31 bits per heavy atom. The summed E-state index contributed by atoms with van der Waals surface area (Å²) >= 11 is 0. The molecular weight excluding hydrogens is 226 g/mol. The second-order valence-electron chi connectivity index (χ2n) is 4.65. The quantitative estimate of drug-likeness (QED) is 0.714. The van der Waals surface area contributed by atoms with Gasteiger partial charge in [-0.05, 0) is 44.7 Å². The molecule has 1 unspecified atom stereocenters. The van der Waals surface area contributed by atoms with E-state index in [1.54, 1.807) is 4.31 Å². The normalized spacial score (nSPS) is 27.6. The SMILES string of the molecule is O=S(=O)(NCCC1CCNC1)N1CCCC1. The van der Waals surface area contributed by atoms with Crippen molar-refractivity contribution in [1.29, 1.82) is 0 Å². The molecule has 2 saturated heterocycles. The van der Waals surface area contributed by atoms with Crippen molar-refractivity contribution in [3.8, 4) is 0 Å². The van der Waals surface area contributed by atoms with Gasteiger partial charge in [0.15, 0.2) is 0 Å². The maximum atomic E-state index is 11.8. The summed E-state index contributed by atoms with van der Waals surface area (Å²) in [5.74, 6) is 0.640. The summed E-state index contributed by atoms with van der Waals surface area (Å²) in [5.41, 5.74) is 0. The van der Waals surface area contributed by atoms with E-state index in [9.17, 15) is 8.42 Å². The highest BCUT2D eigenvalue weighted by molar-refractivity contribution is 7.87. The number of rotatable bonds is 5. The molecule has 0 aromatic rings. The topological polar surface area (TPSA) is 61.4 Å². The Hall–Kier alpha value is -0.170. The Kier molecular flexibility index (Phi) is 4.18. The first-order valence-electron chi connectivity index (χ1n) is 6.14. The molecule has 0 saturated carbocycles. The molecular formula is C10H21N3O2S. The van der Waals surface area contributed by atoms with Crippen LogP contribution in [0.1, 0.15) is 25.7 Å². The van der Waals surface area contributed by atoms with Crippen LogP contribution in [0.2, 0.25) is 0 Å². The van der Waals surface area contributed by atoms with Gasteiger partial charge in [0.25, 0.3) is 10.2 Å². The Labute approximate surface area is 97.8 Å². The lowest BCUT2D eigenvalue weighted by molar-refractivity contribution is 0.456. The average Bonchev–Trinajstić information content (AvgIpc) is 2.90. The zero-order valence-corrected chi connectivity index (χ0v) is 10.4. The monoisotopic (exact) mass is 247 g/mol. The van der Waals surface area contributed by atoms with Gasteiger partial charge < -0.3 is 5.32 Å². The van der Waals surface area contributed by atoms with Gasteiger partial charge in [0.2, 0.25) is 0 Å². The molecule has 94 valence electrons. The molecule has 16 heavy (non-hydrogen) atoms. The maximum absolute atomic E-state index is 11.8. The molecule has 1 atom stereocenters. The fourth-order valence-corrected chi connectivity index (χ4v) is 3.67. The third kappa shape index (κ3) is 3.16. The van der Waals surface area contributed by atoms with Crippen LogP contribution in [-0.4, -0.2) is 45.4 Å². The Balaban J connectivity index is 1.71. The molecule has 2 rings (SSSR count). The van der Waals surface area contributed by atoms with Crippen LogP contribution in [0.25, 0.3) is 0 Å². The zero-order chi connectivity index (χ0) is 11.4. The van der Waals surface area contributed by atoms with Gasteiger partial charge in [-0.1, -0.05) is 0 Å². The molecule has 5 nitrogen and oxygen atoms in total. The lowest BCUT2D eigenvalue weighted by atomic mass is 10.1. The summed E-state index contributed by atoms with van der Waals surface area (Å²) in [6, 6.07) is 0. The van der Waals surface area contributed by atoms with E-state index in [1.807, 2.05) is 0 Å².